The van der Waals surface area contributed by atoms with Gasteiger partial charge in [0.05, 0.1) is 24.1 Å². The largest absolute Gasteiger partial charge is 0.497 e. The standard InChI is InChI=1S/C20H17ClF3N3O/c1-28-14-5-2-12(3-6-14)10-17-15-8-9-25-19(15)27(26-17)18-7-4-13(21)11-16(18)20(22,23)24/h2-7,11,25H,8-10H2,1H3. The number of nitrogens with one attached hydrogen (secondary N) is 1. The minimum atomic E-state index is -4.53. The molecule has 4 nitrogen and oxygen atoms in total. The van der Waals surface area contributed by atoms with Crippen LogP contribution in [0.4, 0.5) is 19.0 Å². The van der Waals surface area contributed by atoms with Crippen molar-refractivity contribution in [3.05, 3.63) is 69.9 Å². The monoisotopic (exact) mass is 407 g/mol. The number of ether oxygens (including phenoxy) is 1. The quantitative estimate of drug-likeness (QED) is 0.653. The predicted molar refractivity (Wildman–Crippen MR) is 102 cm³/mol. The maximum absolute atomic E-state index is 13.6. The first-order valence-corrected chi connectivity index (χ1v) is 9.09. The SMILES string of the molecule is COc1ccc(Cc2nn(-c3ccc(Cl)cc3C(F)(F)F)c3c2CCN3)cc1. The third kappa shape index (κ3) is 3.42. The molecular weight excluding hydrogens is 391 g/mol. The van der Waals surface area contributed by atoms with Crippen molar-refractivity contribution >= 4 is 17.4 Å². The van der Waals surface area contributed by atoms with Crippen LogP contribution in [0.2, 0.25) is 5.02 Å². The van der Waals surface area contributed by atoms with Crippen LogP contribution in [0, 0.1) is 0 Å². The molecule has 1 N–H and O–H groups in total. The third-order valence-corrected chi connectivity index (χ3v) is 4.99. The van der Waals surface area contributed by atoms with E-state index in [1.54, 1.807) is 7.11 Å². The summed E-state index contributed by atoms with van der Waals surface area (Å²) >= 11 is 5.81. The lowest BCUT2D eigenvalue weighted by Crippen LogP contribution is -2.13. The van der Waals surface area contributed by atoms with Crippen molar-refractivity contribution in [1.29, 1.82) is 0 Å². The molecule has 3 aromatic rings. The van der Waals surface area contributed by atoms with Crippen molar-refractivity contribution in [2.45, 2.75) is 19.0 Å². The number of aromatic nitrogens is 2. The minimum absolute atomic E-state index is 0.0336. The van der Waals surface area contributed by atoms with Crippen LogP contribution in [-0.2, 0) is 19.0 Å². The number of alkyl halides is 3. The number of hydrogen-bond acceptors (Lipinski definition) is 3. The second kappa shape index (κ2) is 7.05. The Bertz CT molecular complexity index is 1010. The van der Waals surface area contributed by atoms with Gasteiger partial charge in [-0.25, -0.2) is 4.68 Å². The fourth-order valence-electron chi connectivity index (χ4n) is 3.42. The molecule has 146 valence electrons. The minimum Gasteiger partial charge on any atom is -0.497 e. The van der Waals surface area contributed by atoms with Crippen molar-refractivity contribution < 1.29 is 17.9 Å². The topological polar surface area (TPSA) is 39.1 Å². The van der Waals surface area contributed by atoms with E-state index in [0.717, 1.165) is 35.1 Å². The maximum atomic E-state index is 13.6. The van der Waals surface area contributed by atoms with Crippen LogP contribution in [0.1, 0.15) is 22.4 Å². The van der Waals surface area contributed by atoms with Crippen LogP contribution >= 0.6 is 11.6 Å². The van der Waals surface area contributed by atoms with Gasteiger partial charge < -0.3 is 10.1 Å². The number of benzene rings is 2. The van der Waals surface area contributed by atoms with E-state index in [4.69, 9.17) is 16.3 Å². The molecule has 4 rings (SSSR count). The lowest BCUT2D eigenvalue weighted by Gasteiger charge is -2.15. The normalized spacial score (nSPS) is 13.3. The molecule has 2 aromatic carbocycles. The van der Waals surface area contributed by atoms with Crippen LogP contribution in [0.5, 0.6) is 5.75 Å². The van der Waals surface area contributed by atoms with Crippen molar-refractivity contribution in [3.8, 4) is 11.4 Å². The third-order valence-electron chi connectivity index (χ3n) is 4.76. The number of halogens is 4. The summed E-state index contributed by atoms with van der Waals surface area (Å²) in [5, 5.41) is 7.72. The first-order valence-electron chi connectivity index (χ1n) is 8.71. The highest BCUT2D eigenvalue weighted by molar-refractivity contribution is 6.30. The summed E-state index contributed by atoms with van der Waals surface area (Å²) in [5.74, 6) is 1.36. The maximum Gasteiger partial charge on any atom is 0.418 e. The molecular formula is C20H17ClF3N3O. The summed E-state index contributed by atoms with van der Waals surface area (Å²) in [5.41, 5.74) is 1.86. The lowest BCUT2D eigenvalue weighted by atomic mass is 10.1. The number of anilines is 1. The molecule has 0 atom stereocenters. The molecule has 1 aliphatic rings. The highest BCUT2D eigenvalue weighted by Crippen LogP contribution is 2.38. The van der Waals surface area contributed by atoms with E-state index >= 15 is 0 Å². The Morgan fingerprint density at radius 1 is 1.18 bits per heavy atom. The Morgan fingerprint density at radius 3 is 2.61 bits per heavy atom. The fourth-order valence-corrected chi connectivity index (χ4v) is 3.59. The van der Waals surface area contributed by atoms with Crippen molar-refractivity contribution in [2.75, 3.05) is 19.0 Å². The van der Waals surface area contributed by atoms with Gasteiger partial charge in [-0.2, -0.15) is 18.3 Å². The summed E-state index contributed by atoms with van der Waals surface area (Å²) in [4.78, 5) is 0. The molecule has 1 aromatic heterocycles. The number of nitrogens with zero attached hydrogens (tertiary/aromatic N) is 2. The predicted octanol–water partition coefficient (Wildman–Crippen LogP) is 5.11. The van der Waals surface area contributed by atoms with Gasteiger partial charge >= 0.3 is 6.18 Å². The summed E-state index contributed by atoms with van der Waals surface area (Å²) < 4.78 is 47.2. The zero-order valence-corrected chi connectivity index (χ0v) is 15.7. The van der Waals surface area contributed by atoms with Crippen molar-refractivity contribution in [1.82, 2.24) is 9.78 Å². The van der Waals surface area contributed by atoms with Gasteiger partial charge in [0.15, 0.2) is 0 Å². The van der Waals surface area contributed by atoms with Gasteiger partial charge in [-0.3, -0.25) is 0 Å². The summed E-state index contributed by atoms with van der Waals surface area (Å²) in [6, 6.07) is 11.3. The van der Waals surface area contributed by atoms with Gasteiger partial charge in [-0.15, -0.1) is 0 Å². The summed E-state index contributed by atoms with van der Waals surface area (Å²) in [6.07, 6.45) is -3.29. The van der Waals surface area contributed by atoms with E-state index in [0.29, 0.717) is 18.8 Å². The molecule has 0 unspecified atom stereocenters. The molecule has 28 heavy (non-hydrogen) atoms. The number of rotatable bonds is 4. The van der Waals surface area contributed by atoms with E-state index in [2.05, 4.69) is 10.4 Å². The van der Waals surface area contributed by atoms with E-state index in [1.165, 1.54) is 16.8 Å². The van der Waals surface area contributed by atoms with Gasteiger partial charge in [-0.1, -0.05) is 23.7 Å². The summed E-state index contributed by atoms with van der Waals surface area (Å²) in [7, 11) is 1.60. The molecule has 0 spiro atoms. The molecule has 0 bridgehead atoms. The zero-order valence-electron chi connectivity index (χ0n) is 15.0. The van der Waals surface area contributed by atoms with Gasteiger partial charge in [0.1, 0.15) is 11.6 Å². The molecule has 0 aliphatic carbocycles. The van der Waals surface area contributed by atoms with Crippen molar-refractivity contribution in [2.24, 2.45) is 0 Å². The number of methoxy groups -OCH3 is 1. The number of hydrogen-bond donors (Lipinski definition) is 1. The van der Waals surface area contributed by atoms with Crippen LogP contribution in [0.15, 0.2) is 42.5 Å². The molecule has 0 fully saturated rings. The zero-order chi connectivity index (χ0) is 19.9. The molecule has 8 heteroatoms. The smallest absolute Gasteiger partial charge is 0.418 e. The molecule has 0 saturated carbocycles. The lowest BCUT2D eigenvalue weighted by molar-refractivity contribution is -0.137. The Morgan fingerprint density at radius 2 is 1.93 bits per heavy atom. The van der Waals surface area contributed by atoms with Gasteiger partial charge in [-0.05, 0) is 42.3 Å². The average Bonchev–Trinajstić information content (AvgIpc) is 3.26. The van der Waals surface area contributed by atoms with E-state index in [1.807, 2.05) is 24.3 Å². The second-order valence-corrected chi connectivity index (χ2v) is 6.98. The van der Waals surface area contributed by atoms with Gasteiger partial charge in [0.2, 0.25) is 0 Å². The Balaban J connectivity index is 1.77. The highest BCUT2D eigenvalue weighted by atomic mass is 35.5. The molecule has 0 radical (unpaired) electrons. The van der Waals surface area contributed by atoms with Crippen molar-refractivity contribution in [3.63, 3.8) is 0 Å². The van der Waals surface area contributed by atoms with Gasteiger partial charge in [0.25, 0.3) is 0 Å². The van der Waals surface area contributed by atoms with E-state index in [9.17, 15) is 13.2 Å². The first kappa shape index (κ1) is 18.7. The number of fused-ring (bicyclic) bond motifs is 1. The van der Waals surface area contributed by atoms with Crippen LogP contribution in [-0.4, -0.2) is 23.4 Å². The highest BCUT2D eigenvalue weighted by Gasteiger charge is 2.36. The molecule has 1 aliphatic heterocycles. The Labute approximate surface area is 164 Å². The molecule has 0 saturated heterocycles. The molecule has 2 heterocycles. The second-order valence-electron chi connectivity index (χ2n) is 6.55. The van der Waals surface area contributed by atoms with E-state index < -0.39 is 11.7 Å². The first-order chi connectivity index (χ1) is 13.4. The Hall–Kier alpha value is -2.67. The Kier molecular flexibility index (Phi) is 4.71. The fraction of sp³-hybridized carbons (Fsp3) is 0.250. The van der Waals surface area contributed by atoms with Crippen LogP contribution < -0.4 is 10.1 Å². The van der Waals surface area contributed by atoms with Crippen LogP contribution in [0.25, 0.3) is 5.69 Å². The molecule has 0 amide bonds. The average molecular weight is 408 g/mol. The summed E-state index contributed by atoms with van der Waals surface area (Å²) in [6.45, 7) is 0.664. The van der Waals surface area contributed by atoms with Crippen LogP contribution in [0.3, 0.4) is 0 Å². The van der Waals surface area contributed by atoms with Gasteiger partial charge in [0, 0.05) is 23.6 Å². The van der Waals surface area contributed by atoms with E-state index in [-0.39, 0.29) is 10.7 Å².